The summed E-state index contributed by atoms with van der Waals surface area (Å²) in [5, 5.41) is 0. The van der Waals surface area contributed by atoms with Crippen LogP contribution in [0.2, 0.25) is 0 Å². The first-order chi connectivity index (χ1) is 10.7. The Balaban J connectivity index is 1.74. The minimum atomic E-state index is 0.405. The molecule has 2 rings (SSSR count). The smallest absolute Gasteiger partial charge is 0.135 e. The number of rotatable bonds is 7. The molecule has 22 heavy (non-hydrogen) atoms. The minimum Gasteiger partial charge on any atom is -0.299 e. The van der Waals surface area contributed by atoms with E-state index in [9.17, 15) is 4.79 Å². The van der Waals surface area contributed by atoms with E-state index in [-0.39, 0.29) is 0 Å². The van der Waals surface area contributed by atoms with Gasteiger partial charge in [0.1, 0.15) is 5.78 Å². The molecule has 0 N–H and O–H groups in total. The van der Waals surface area contributed by atoms with Crippen molar-refractivity contribution in [2.24, 2.45) is 29.6 Å². The molecule has 2 saturated carbocycles. The van der Waals surface area contributed by atoms with Crippen molar-refractivity contribution >= 4 is 5.78 Å². The predicted molar refractivity (Wildman–Crippen MR) is 94.9 cm³/mol. The van der Waals surface area contributed by atoms with Gasteiger partial charge in [-0.05, 0) is 62.2 Å². The maximum absolute atomic E-state index is 11.9. The number of hydrogen-bond acceptors (Lipinski definition) is 1. The highest BCUT2D eigenvalue weighted by atomic mass is 16.1. The summed E-state index contributed by atoms with van der Waals surface area (Å²) in [7, 11) is 0. The van der Waals surface area contributed by atoms with E-state index in [4.69, 9.17) is 0 Å². The molecule has 0 aliphatic heterocycles. The lowest BCUT2D eigenvalue weighted by Crippen LogP contribution is -2.32. The molecule has 2 aliphatic carbocycles. The van der Waals surface area contributed by atoms with Crippen LogP contribution in [0.3, 0.4) is 0 Å². The molecule has 0 bridgehead atoms. The summed E-state index contributed by atoms with van der Waals surface area (Å²) >= 11 is 0. The van der Waals surface area contributed by atoms with Crippen LogP contribution in [0.15, 0.2) is 0 Å². The van der Waals surface area contributed by atoms with Crippen LogP contribution in [-0.2, 0) is 4.79 Å². The fraction of sp³-hybridized carbons (Fsp3) is 0.952. The molecule has 128 valence electrons. The van der Waals surface area contributed by atoms with Gasteiger partial charge in [0, 0.05) is 12.3 Å². The quantitative estimate of drug-likeness (QED) is 0.497. The monoisotopic (exact) mass is 306 g/mol. The lowest BCUT2D eigenvalue weighted by Gasteiger charge is -2.41. The average Bonchev–Trinajstić information content (AvgIpc) is 2.55. The Morgan fingerprint density at radius 1 is 0.955 bits per heavy atom. The molecule has 2 fully saturated rings. The third-order valence-electron chi connectivity index (χ3n) is 6.74. The van der Waals surface area contributed by atoms with Crippen LogP contribution in [0.5, 0.6) is 0 Å². The van der Waals surface area contributed by atoms with E-state index in [1.165, 1.54) is 70.6 Å². The van der Waals surface area contributed by atoms with E-state index in [2.05, 4.69) is 13.8 Å². The zero-order chi connectivity index (χ0) is 15.9. The van der Waals surface area contributed by atoms with Crippen molar-refractivity contribution in [3.8, 4) is 0 Å². The van der Waals surface area contributed by atoms with E-state index in [1.807, 2.05) is 6.92 Å². The van der Waals surface area contributed by atoms with Crippen molar-refractivity contribution in [3.63, 3.8) is 0 Å². The molecule has 0 saturated heterocycles. The molecule has 3 unspecified atom stereocenters. The summed E-state index contributed by atoms with van der Waals surface area (Å²) in [5.74, 6) is 4.74. The second kappa shape index (κ2) is 9.08. The van der Waals surface area contributed by atoms with Gasteiger partial charge in [-0.2, -0.15) is 0 Å². The van der Waals surface area contributed by atoms with Crippen LogP contribution >= 0.6 is 0 Å². The van der Waals surface area contributed by atoms with Crippen molar-refractivity contribution in [1.82, 2.24) is 0 Å². The number of carbonyl (C=O) groups excluding carboxylic acids is 1. The number of Topliss-reactive ketones (excluding diaryl/α,β-unsaturated/α-hetero) is 1. The Kier molecular flexibility index (Phi) is 7.44. The van der Waals surface area contributed by atoms with Gasteiger partial charge in [-0.25, -0.2) is 0 Å². The zero-order valence-electron chi connectivity index (χ0n) is 15.3. The van der Waals surface area contributed by atoms with Gasteiger partial charge in [-0.15, -0.1) is 0 Å². The summed E-state index contributed by atoms with van der Waals surface area (Å²) in [6.07, 6.45) is 15.9. The van der Waals surface area contributed by atoms with E-state index in [1.54, 1.807) is 0 Å². The Morgan fingerprint density at radius 2 is 1.68 bits per heavy atom. The normalized spacial score (nSPS) is 36.2. The van der Waals surface area contributed by atoms with Gasteiger partial charge in [0.25, 0.3) is 0 Å². The van der Waals surface area contributed by atoms with Gasteiger partial charge >= 0.3 is 0 Å². The molecule has 1 nitrogen and oxygen atoms in total. The topological polar surface area (TPSA) is 17.1 Å². The van der Waals surface area contributed by atoms with Crippen LogP contribution < -0.4 is 0 Å². The summed E-state index contributed by atoms with van der Waals surface area (Å²) in [6, 6.07) is 0. The Hall–Kier alpha value is -0.330. The minimum absolute atomic E-state index is 0.405. The zero-order valence-corrected chi connectivity index (χ0v) is 15.3. The van der Waals surface area contributed by atoms with Crippen LogP contribution in [0.1, 0.15) is 97.8 Å². The predicted octanol–water partition coefficient (Wildman–Crippen LogP) is 6.40. The molecule has 1 heteroatoms. The Bertz CT molecular complexity index is 327. The molecule has 0 radical (unpaired) electrons. The fourth-order valence-electron chi connectivity index (χ4n) is 5.33. The summed E-state index contributed by atoms with van der Waals surface area (Å²) in [4.78, 5) is 11.9. The third-order valence-corrected chi connectivity index (χ3v) is 6.74. The van der Waals surface area contributed by atoms with E-state index >= 15 is 0 Å². The molecule has 0 aromatic carbocycles. The number of carbonyl (C=O) groups is 1. The first-order valence-electron chi connectivity index (χ1n) is 10.2. The molecule has 2 aliphatic rings. The number of ketones is 1. The lowest BCUT2D eigenvalue weighted by atomic mass is 9.64. The molecule has 0 aromatic rings. The maximum atomic E-state index is 11.9. The summed E-state index contributed by atoms with van der Waals surface area (Å²) in [5.41, 5.74) is 0. The SMILES string of the molecule is CCCCCC1CCC(C2CCC(C(=O)CC)CC2)C(C)C1. The Labute approximate surface area is 138 Å². The highest BCUT2D eigenvalue weighted by Gasteiger charge is 2.35. The fourth-order valence-corrected chi connectivity index (χ4v) is 5.33. The summed E-state index contributed by atoms with van der Waals surface area (Å²) < 4.78 is 0. The molecule has 0 amide bonds. The van der Waals surface area contributed by atoms with E-state index in [0.717, 1.165) is 30.1 Å². The van der Waals surface area contributed by atoms with Gasteiger partial charge in [0.05, 0.1) is 0 Å². The van der Waals surface area contributed by atoms with Gasteiger partial charge in [0.2, 0.25) is 0 Å². The van der Waals surface area contributed by atoms with Crippen molar-refractivity contribution in [2.45, 2.75) is 97.8 Å². The molecule has 0 spiro atoms. The van der Waals surface area contributed by atoms with Crippen molar-refractivity contribution in [1.29, 1.82) is 0 Å². The van der Waals surface area contributed by atoms with Crippen molar-refractivity contribution in [3.05, 3.63) is 0 Å². The van der Waals surface area contributed by atoms with Gasteiger partial charge < -0.3 is 0 Å². The van der Waals surface area contributed by atoms with Crippen molar-refractivity contribution in [2.75, 3.05) is 0 Å². The van der Waals surface area contributed by atoms with E-state index in [0.29, 0.717) is 11.7 Å². The highest BCUT2D eigenvalue weighted by Crippen LogP contribution is 2.45. The van der Waals surface area contributed by atoms with Gasteiger partial charge in [-0.3, -0.25) is 4.79 Å². The van der Waals surface area contributed by atoms with Crippen LogP contribution in [0, 0.1) is 29.6 Å². The van der Waals surface area contributed by atoms with Crippen molar-refractivity contribution < 1.29 is 4.79 Å². The number of hydrogen-bond donors (Lipinski definition) is 0. The second-order valence-electron chi connectivity index (χ2n) is 8.25. The first kappa shape index (κ1) is 18.0. The molecular weight excluding hydrogens is 268 g/mol. The standard InChI is InChI=1S/C21H38O/c1-4-6-7-8-17-9-14-20(16(3)15-17)18-10-12-19(13-11-18)21(22)5-2/h16-20H,4-15H2,1-3H3. The first-order valence-corrected chi connectivity index (χ1v) is 10.2. The Morgan fingerprint density at radius 3 is 2.27 bits per heavy atom. The van der Waals surface area contributed by atoms with Crippen LogP contribution in [0.25, 0.3) is 0 Å². The van der Waals surface area contributed by atoms with Crippen LogP contribution in [0.4, 0.5) is 0 Å². The third kappa shape index (κ3) is 4.83. The number of unbranched alkanes of at least 4 members (excludes halogenated alkanes) is 2. The molecule has 0 aromatic heterocycles. The molecule has 0 heterocycles. The maximum Gasteiger partial charge on any atom is 0.135 e. The lowest BCUT2D eigenvalue weighted by molar-refractivity contribution is -0.124. The van der Waals surface area contributed by atoms with Gasteiger partial charge in [0.15, 0.2) is 0 Å². The molecule has 3 atom stereocenters. The van der Waals surface area contributed by atoms with Gasteiger partial charge in [-0.1, -0.05) is 52.9 Å². The largest absolute Gasteiger partial charge is 0.299 e. The molecular formula is C21H38O. The average molecular weight is 307 g/mol. The summed E-state index contributed by atoms with van der Waals surface area (Å²) in [6.45, 7) is 6.84. The van der Waals surface area contributed by atoms with E-state index < -0.39 is 0 Å². The second-order valence-corrected chi connectivity index (χ2v) is 8.25. The highest BCUT2D eigenvalue weighted by molar-refractivity contribution is 5.80. The van der Waals surface area contributed by atoms with Crippen LogP contribution in [-0.4, -0.2) is 5.78 Å².